The van der Waals surface area contributed by atoms with Crippen LogP contribution >= 0.6 is 0 Å². The minimum absolute atomic E-state index is 0.117. The molecule has 268 valence electrons. The number of aliphatic hydroxyl groups excluding tert-OH is 1. The zero-order valence-electron chi connectivity index (χ0n) is 26.9. The Morgan fingerprint density at radius 2 is 1.31 bits per heavy atom. The Bertz CT molecular complexity index is 1560. The average molecular weight is 692 g/mol. The first-order chi connectivity index (χ1) is 22.9. The smallest absolute Gasteiger partial charge is 0.326 e. The maximum absolute atomic E-state index is 13.4. The number of H-pyrrole nitrogens is 1. The minimum atomic E-state index is -1.77. The van der Waals surface area contributed by atoms with Crippen molar-refractivity contribution in [1.29, 1.82) is 0 Å². The number of nitrogens with one attached hydrogen (secondary N) is 6. The highest BCUT2D eigenvalue weighted by Gasteiger charge is 2.32. The molecule has 0 spiro atoms. The molecule has 0 saturated carbocycles. The number of nitrogens with two attached hydrogens (primary N) is 1. The molecule has 12 N–H and O–H groups in total. The molecule has 0 fully saturated rings. The number of carboxylic acids is 3. The number of carbonyl (C=O) groups is 8. The molecule has 0 aliphatic heterocycles. The van der Waals surface area contributed by atoms with E-state index in [2.05, 4.69) is 26.3 Å². The number of aliphatic hydroxyl groups is 1. The molecular formula is C30H41N7O12. The largest absolute Gasteiger partial charge is 0.481 e. The van der Waals surface area contributed by atoms with Crippen LogP contribution in [0.4, 0.5) is 0 Å². The van der Waals surface area contributed by atoms with Crippen LogP contribution in [0.25, 0.3) is 10.9 Å². The predicted molar refractivity (Wildman–Crippen MR) is 169 cm³/mol. The van der Waals surface area contributed by atoms with E-state index in [1.165, 1.54) is 20.8 Å². The lowest BCUT2D eigenvalue weighted by molar-refractivity contribution is -0.147. The van der Waals surface area contributed by atoms with E-state index in [1.54, 1.807) is 30.5 Å². The number of hydrogen-bond acceptors (Lipinski definition) is 10. The van der Waals surface area contributed by atoms with E-state index in [4.69, 9.17) is 15.9 Å². The first kappa shape index (κ1) is 39.6. The molecule has 0 radical (unpaired) electrons. The number of amides is 5. The van der Waals surface area contributed by atoms with Crippen LogP contribution in [0.1, 0.15) is 45.6 Å². The number of fused-ring (bicyclic) bond motifs is 1. The van der Waals surface area contributed by atoms with E-state index in [1.807, 2.05) is 5.32 Å². The highest BCUT2D eigenvalue weighted by molar-refractivity contribution is 5.97. The quantitative estimate of drug-likeness (QED) is 0.0716. The molecule has 5 amide bonds. The van der Waals surface area contributed by atoms with E-state index < -0.39 is 103 Å². The van der Waals surface area contributed by atoms with Gasteiger partial charge in [0.25, 0.3) is 0 Å². The molecule has 0 saturated heterocycles. The van der Waals surface area contributed by atoms with Gasteiger partial charge < -0.3 is 57.7 Å². The maximum atomic E-state index is 13.4. The third-order valence-electron chi connectivity index (χ3n) is 7.30. The SMILES string of the molecule is C[C@H](NC(=O)[C@H](Cc1c[nH]c2ccccc12)NC(=O)[C@H](C)NC(=O)[C@@H](NC(=O)[C@@H](N)CCC(=O)O)[C@@H](C)O)C(=O)N[C@@H](CC(=O)O)C(=O)O. The lowest BCUT2D eigenvalue weighted by atomic mass is 10.0. The summed E-state index contributed by atoms with van der Waals surface area (Å²) in [5.74, 6) is -8.94. The lowest BCUT2D eigenvalue weighted by Gasteiger charge is -2.26. The van der Waals surface area contributed by atoms with Crippen molar-refractivity contribution in [3.63, 3.8) is 0 Å². The maximum Gasteiger partial charge on any atom is 0.326 e. The zero-order valence-corrected chi connectivity index (χ0v) is 26.9. The van der Waals surface area contributed by atoms with Crippen LogP contribution in [-0.2, 0) is 44.8 Å². The molecule has 0 aliphatic rings. The van der Waals surface area contributed by atoms with Crippen molar-refractivity contribution in [2.75, 3.05) is 0 Å². The van der Waals surface area contributed by atoms with E-state index in [9.17, 15) is 48.6 Å². The standard InChI is InChI=1S/C30H41N7O12/c1-13(26(44)36-21(30(48)49)11-23(41)42)33-28(46)20(10-16-12-32-19-7-5-4-6-17(16)19)35-25(43)14(2)34-29(47)24(15(3)38)37-27(45)18(31)8-9-22(39)40/h4-7,12-15,18,20-21,24,32,38H,8-11,31H2,1-3H3,(H,33,46)(H,34,47)(H,35,43)(H,36,44)(H,37,45)(H,39,40)(H,41,42)(H,48,49)/t13-,14-,15+,18-,20-,21-,24-/m0/s1. The van der Waals surface area contributed by atoms with Crippen LogP contribution in [0.3, 0.4) is 0 Å². The van der Waals surface area contributed by atoms with Crippen LogP contribution in [0.5, 0.6) is 0 Å². The van der Waals surface area contributed by atoms with Gasteiger partial charge in [0.15, 0.2) is 0 Å². The summed E-state index contributed by atoms with van der Waals surface area (Å²) < 4.78 is 0. The van der Waals surface area contributed by atoms with Crippen LogP contribution in [-0.4, -0.2) is 115 Å². The number of hydrogen-bond donors (Lipinski definition) is 11. The molecule has 7 atom stereocenters. The first-order valence-electron chi connectivity index (χ1n) is 15.1. The summed E-state index contributed by atoms with van der Waals surface area (Å²) in [7, 11) is 0. The van der Waals surface area contributed by atoms with Crippen molar-refractivity contribution < 1.29 is 58.8 Å². The number of aromatic nitrogens is 1. The zero-order chi connectivity index (χ0) is 37.0. The van der Waals surface area contributed by atoms with Crippen LogP contribution in [0.15, 0.2) is 30.5 Å². The van der Waals surface area contributed by atoms with E-state index in [-0.39, 0.29) is 12.8 Å². The number of carboxylic acid groups (broad SMARTS) is 3. The average Bonchev–Trinajstić information content (AvgIpc) is 3.43. The van der Waals surface area contributed by atoms with Gasteiger partial charge >= 0.3 is 17.9 Å². The van der Waals surface area contributed by atoms with Gasteiger partial charge in [0, 0.05) is 29.9 Å². The summed E-state index contributed by atoms with van der Waals surface area (Å²) in [4.78, 5) is 101. The molecule has 1 aromatic heterocycles. The summed E-state index contributed by atoms with van der Waals surface area (Å²) in [6.07, 6.45) is -1.54. The van der Waals surface area contributed by atoms with Crippen molar-refractivity contribution in [2.24, 2.45) is 5.73 Å². The minimum Gasteiger partial charge on any atom is -0.481 e. The molecule has 0 aliphatic carbocycles. The second kappa shape index (κ2) is 18.1. The normalized spacial score (nSPS) is 15.3. The predicted octanol–water partition coefficient (Wildman–Crippen LogP) is -2.69. The second-order valence-corrected chi connectivity index (χ2v) is 11.3. The monoisotopic (exact) mass is 691 g/mol. The molecule has 49 heavy (non-hydrogen) atoms. The summed E-state index contributed by atoms with van der Waals surface area (Å²) in [6.45, 7) is 3.67. The molecule has 2 aromatic rings. The Hall–Kier alpha value is -5.56. The van der Waals surface area contributed by atoms with E-state index in [0.717, 1.165) is 10.9 Å². The molecule has 0 bridgehead atoms. The fourth-order valence-corrected chi connectivity index (χ4v) is 4.52. The van der Waals surface area contributed by atoms with E-state index in [0.29, 0.717) is 5.56 Å². The summed E-state index contributed by atoms with van der Waals surface area (Å²) >= 11 is 0. The highest BCUT2D eigenvalue weighted by Crippen LogP contribution is 2.19. The number of aromatic amines is 1. The van der Waals surface area contributed by atoms with Crippen LogP contribution in [0.2, 0.25) is 0 Å². The summed E-state index contributed by atoms with van der Waals surface area (Å²) in [5, 5.41) is 49.3. The Labute approximate surface area is 279 Å². The third-order valence-corrected chi connectivity index (χ3v) is 7.30. The van der Waals surface area contributed by atoms with Gasteiger partial charge in [0.05, 0.1) is 18.6 Å². The van der Waals surface area contributed by atoms with Gasteiger partial charge in [-0.15, -0.1) is 0 Å². The van der Waals surface area contributed by atoms with Gasteiger partial charge in [-0.25, -0.2) is 4.79 Å². The highest BCUT2D eigenvalue weighted by atomic mass is 16.4. The Kier molecular flexibility index (Phi) is 14.6. The molecule has 0 unspecified atom stereocenters. The Balaban J connectivity index is 2.20. The van der Waals surface area contributed by atoms with Gasteiger partial charge in [-0.3, -0.25) is 33.6 Å². The van der Waals surface area contributed by atoms with Crippen LogP contribution < -0.4 is 32.3 Å². The fraction of sp³-hybridized carbons (Fsp3) is 0.467. The first-order valence-corrected chi connectivity index (χ1v) is 15.1. The molecule has 19 heteroatoms. The van der Waals surface area contributed by atoms with Crippen molar-refractivity contribution in [2.45, 2.75) is 88.8 Å². The number of aliphatic carboxylic acids is 3. The van der Waals surface area contributed by atoms with E-state index >= 15 is 0 Å². The number of carbonyl (C=O) groups excluding carboxylic acids is 5. The summed E-state index contributed by atoms with van der Waals surface area (Å²) in [5.41, 5.74) is 6.99. The number of benzene rings is 1. The molecule has 19 nitrogen and oxygen atoms in total. The topological polar surface area (TPSA) is 319 Å². The molecule has 1 aromatic carbocycles. The van der Waals surface area contributed by atoms with Gasteiger partial charge in [-0.2, -0.15) is 0 Å². The van der Waals surface area contributed by atoms with Crippen molar-refractivity contribution >= 4 is 58.3 Å². The van der Waals surface area contributed by atoms with Gasteiger partial charge in [-0.1, -0.05) is 18.2 Å². The number of para-hydroxylation sites is 1. The van der Waals surface area contributed by atoms with Crippen LogP contribution in [0, 0.1) is 0 Å². The third kappa shape index (κ3) is 12.2. The fourth-order valence-electron chi connectivity index (χ4n) is 4.52. The van der Waals surface area contributed by atoms with Gasteiger partial charge in [-0.05, 0) is 38.8 Å². The Morgan fingerprint density at radius 3 is 1.86 bits per heavy atom. The van der Waals surface area contributed by atoms with Crippen molar-refractivity contribution in [1.82, 2.24) is 31.6 Å². The van der Waals surface area contributed by atoms with Gasteiger partial charge in [0.2, 0.25) is 29.5 Å². The van der Waals surface area contributed by atoms with Crippen molar-refractivity contribution in [3.05, 3.63) is 36.0 Å². The molecule has 1 heterocycles. The van der Waals surface area contributed by atoms with Gasteiger partial charge in [0.1, 0.15) is 30.2 Å². The molecular weight excluding hydrogens is 650 g/mol. The summed E-state index contributed by atoms with van der Waals surface area (Å²) in [6, 6.07) is -1.67. The molecule has 2 rings (SSSR count). The Morgan fingerprint density at radius 1 is 0.735 bits per heavy atom. The van der Waals surface area contributed by atoms with Crippen molar-refractivity contribution in [3.8, 4) is 0 Å². The number of rotatable bonds is 19. The second-order valence-electron chi connectivity index (χ2n) is 11.3. The lowest BCUT2D eigenvalue weighted by Crippen LogP contribution is -2.60.